The lowest BCUT2D eigenvalue weighted by molar-refractivity contribution is -0.139. The fraction of sp³-hybridized carbons (Fsp3) is 0.462. The monoisotopic (exact) mass is 434 g/mol. The van der Waals surface area contributed by atoms with Gasteiger partial charge in [-0.1, -0.05) is 60.7 Å². The number of nitrogens with zero attached hydrogens (tertiary/aromatic N) is 4. The lowest BCUT2D eigenvalue weighted by atomic mass is 10.1. The van der Waals surface area contributed by atoms with Gasteiger partial charge in [-0.2, -0.15) is 0 Å². The zero-order valence-corrected chi connectivity index (χ0v) is 18.9. The number of hydrogen-bond acceptors (Lipinski definition) is 4. The molecule has 2 aliphatic heterocycles. The van der Waals surface area contributed by atoms with Gasteiger partial charge in [0.25, 0.3) is 0 Å². The predicted octanol–water partition coefficient (Wildman–Crippen LogP) is 2.46. The molecule has 6 heteroatoms. The Kier molecular flexibility index (Phi) is 7.91. The largest absolute Gasteiger partial charge is 0.340 e. The molecule has 2 heterocycles. The van der Waals surface area contributed by atoms with E-state index in [1.54, 1.807) is 0 Å². The highest BCUT2D eigenvalue weighted by molar-refractivity contribution is 5.84. The standard InChI is InChI=1S/C26H34N4O2/c31-25(29-17-13-27(14-18-29)21-23-7-3-1-4-8-23)11-12-26(32)30-19-15-28(16-20-30)22-24-9-5-2-6-10-24/h1-10H,11-22H2. The molecule has 2 fully saturated rings. The van der Waals surface area contributed by atoms with Crippen molar-refractivity contribution >= 4 is 11.8 Å². The Balaban J connectivity index is 1.13. The molecule has 0 unspecified atom stereocenters. The Bertz CT molecular complexity index is 784. The molecule has 0 aliphatic carbocycles. The van der Waals surface area contributed by atoms with Crippen molar-refractivity contribution in [2.75, 3.05) is 52.4 Å². The third kappa shape index (κ3) is 6.40. The van der Waals surface area contributed by atoms with Gasteiger partial charge in [0.15, 0.2) is 0 Å². The summed E-state index contributed by atoms with van der Waals surface area (Å²) >= 11 is 0. The van der Waals surface area contributed by atoms with Crippen LogP contribution in [-0.2, 0) is 22.7 Å². The number of carbonyl (C=O) groups excluding carboxylic acids is 2. The zero-order valence-electron chi connectivity index (χ0n) is 18.9. The van der Waals surface area contributed by atoms with Crippen molar-refractivity contribution in [1.29, 1.82) is 0 Å². The first-order valence-electron chi connectivity index (χ1n) is 11.8. The van der Waals surface area contributed by atoms with Gasteiger partial charge in [-0.25, -0.2) is 0 Å². The van der Waals surface area contributed by atoms with Gasteiger partial charge in [-0.15, -0.1) is 0 Å². The third-order valence-electron chi connectivity index (χ3n) is 6.50. The molecule has 2 aromatic rings. The SMILES string of the molecule is O=C(CCC(=O)N1CCN(Cc2ccccc2)CC1)N1CCN(Cc2ccccc2)CC1. The van der Waals surface area contributed by atoms with E-state index in [1.807, 2.05) is 21.9 Å². The molecular formula is C26H34N4O2. The molecule has 0 bridgehead atoms. The first-order chi connectivity index (χ1) is 15.7. The first-order valence-corrected chi connectivity index (χ1v) is 11.8. The maximum atomic E-state index is 12.6. The second kappa shape index (κ2) is 11.2. The van der Waals surface area contributed by atoms with Crippen LogP contribution in [0.3, 0.4) is 0 Å². The molecule has 2 aromatic carbocycles. The van der Waals surface area contributed by atoms with E-state index < -0.39 is 0 Å². The van der Waals surface area contributed by atoms with Gasteiger partial charge in [0.05, 0.1) is 0 Å². The van der Waals surface area contributed by atoms with Crippen molar-refractivity contribution in [3.63, 3.8) is 0 Å². The average molecular weight is 435 g/mol. The highest BCUT2D eigenvalue weighted by atomic mass is 16.2. The van der Waals surface area contributed by atoms with Gasteiger partial charge in [-0.05, 0) is 11.1 Å². The van der Waals surface area contributed by atoms with Crippen LogP contribution in [0.4, 0.5) is 0 Å². The molecule has 2 aliphatic rings. The molecule has 6 nitrogen and oxygen atoms in total. The molecule has 2 saturated heterocycles. The molecule has 0 N–H and O–H groups in total. The van der Waals surface area contributed by atoms with Crippen molar-refractivity contribution in [2.24, 2.45) is 0 Å². The van der Waals surface area contributed by atoms with Crippen LogP contribution in [0.15, 0.2) is 60.7 Å². The number of amides is 2. The summed E-state index contributed by atoms with van der Waals surface area (Å²) in [4.78, 5) is 33.9. The molecule has 0 atom stereocenters. The van der Waals surface area contributed by atoms with E-state index >= 15 is 0 Å². The molecule has 170 valence electrons. The highest BCUT2D eigenvalue weighted by Gasteiger charge is 2.24. The first kappa shape index (κ1) is 22.5. The van der Waals surface area contributed by atoms with Crippen LogP contribution in [0.25, 0.3) is 0 Å². The molecule has 0 aromatic heterocycles. The van der Waals surface area contributed by atoms with Crippen LogP contribution in [0.2, 0.25) is 0 Å². The maximum Gasteiger partial charge on any atom is 0.223 e. The second-order valence-electron chi connectivity index (χ2n) is 8.79. The minimum Gasteiger partial charge on any atom is -0.340 e. The van der Waals surface area contributed by atoms with Crippen molar-refractivity contribution < 1.29 is 9.59 Å². The third-order valence-corrected chi connectivity index (χ3v) is 6.50. The van der Waals surface area contributed by atoms with Crippen LogP contribution in [-0.4, -0.2) is 83.8 Å². The van der Waals surface area contributed by atoms with Crippen LogP contribution < -0.4 is 0 Å². The van der Waals surface area contributed by atoms with Crippen molar-refractivity contribution in [3.05, 3.63) is 71.8 Å². The van der Waals surface area contributed by atoms with Gasteiger partial charge in [0.2, 0.25) is 11.8 Å². The molecule has 0 saturated carbocycles. The minimum absolute atomic E-state index is 0.112. The van der Waals surface area contributed by atoms with Gasteiger partial charge in [0.1, 0.15) is 0 Å². The summed E-state index contributed by atoms with van der Waals surface area (Å²) in [6, 6.07) is 20.9. The molecule has 2 amide bonds. The van der Waals surface area contributed by atoms with E-state index in [-0.39, 0.29) is 11.8 Å². The Labute approximate surface area is 191 Å². The Morgan fingerprint density at radius 1 is 0.531 bits per heavy atom. The van der Waals surface area contributed by atoms with E-state index in [9.17, 15) is 9.59 Å². The number of rotatable bonds is 7. The van der Waals surface area contributed by atoms with Gasteiger partial charge >= 0.3 is 0 Å². The minimum atomic E-state index is 0.112. The summed E-state index contributed by atoms with van der Waals surface area (Å²) in [6.07, 6.45) is 0.642. The zero-order chi connectivity index (χ0) is 22.2. The topological polar surface area (TPSA) is 47.1 Å². The second-order valence-corrected chi connectivity index (χ2v) is 8.79. The summed E-state index contributed by atoms with van der Waals surface area (Å²) in [6.45, 7) is 8.40. The normalized spacial score (nSPS) is 18.0. The number of hydrogen-bond donors (Lipinski definition) is 0. The van der Waals surface area contributed by atoms with Gasteiger partial charge in [-0.3, -0.25) is 19.4 Å². The Hall–Kier alpha value is -2.70. The fourth-order valence-corrected chi connectivity index (χ4v) is 4.52. The summed E-state index contributed by atoms with van der Waals surface area (Å²) in [7, 11) is 0. The molecule has 0 spiro atoms. The fourth-order valence-electron chi connectivity index (χ4n) is 4.52. The number of carbonyl (C=O) groups is 2. The molecular weight excluding hydrogens is 400 g/mol. The average Bonchev–Trinajstić information content (AvgIpc) is 2.84. The highest BCUT2D eigenvalue weighted by Crippen LogP contribution is 2.12. The van der Waals surface area contributed by atoms with Crippen LogP contribution in [0.5, 0.6) is 0 Å². The Morgan fingerprint density at radius 3 is 1.22 bits per heavy atom. The van der Waals surface area contributed by atoms with E-state index in [1.165, 1.54) is 11.1 Å². The van der Waals surface area contributed by atoms with Gasteiger partial charge in [0, 0.05) is 78.3 Å². The Morgan fingerprint density at radius 2 is 0.875 bits per heavy atom. The summed E-state index contributed by atoms with van der Waals surface area (Å²) in [5, 5.41) is 0. The van der Waals surface area contributed by atoms with Crippen molar-refractivity contribution in [1.82, 2.24) is 19.6 Å². The van der Waals surface area contributed by atoms with Crippen LogP contribution >= 0.6 is 0 Å². The lowest BCUT2D eigenvalue weighted by Crippen LogP contribution is -2.49. The van der Waals surface area contributed by atoms with E-state index in [2.05, 4.69) is 58.3 Å². The van der Waals surface area contributed by atoms with Gasteiger partial charge < -0.3 is 9.80 Å². The van der Waals surface area contributed by atoms with E-state index in [0.717, 1.165) is 65.4 Å². The van der Waals surface area contributed by atoms with Crippen LogP contribution in [0, 0.1) is 0 Å². The van der Waals surface area contributed by atoms with Crippen LogP contribution in [0.1, 0.15) is 24.0 Å². The summed E-state index contributed by atoms with van der Waals surface area (Å²) in [5.74, 6) is 0.223. The van der Waals surface area contributed by atoms with Crippen molar-refractivity contribution in [3.8, 4) is 0 Å². The summed E-state index contributed by atoms with van der Waals surface area (Å²) in [5.41, 5.74) is 2.61. The molecule has 0 radical (unpaired) electrons. The maximum absolute atomic E-state index is 12.6. The van der Waals surface area contributed by atoms with Crippen molar-refractivity contribution in [2.45, 2.75) is 25.9 Å². The lowest BCUT2D eigenvalue weighted by Gasteiger charge is -2.36. The predicted molar refractivity (Wildman–Crippen MR) is 126 cm³/mol. The summed E-state index contributed by atoms with van der Waals surface area (Å²) < 4.78 is 0. The number of piperazine rings is 2. The number of benzene rings is 2. The van der Waals surface area contributed by atoms with E-state index in [4.69, 9.17) is 0 Å². The molecule has 4 rings (SSSR count). The molecule has 32 heavy (non-hydrogen) atoms. The quantitative estimate of drug-likeness (QED) is 0.672. The van der Waals surface area contributed by atoms with E-state index in [0.29, 0.717) is 12.8 Å². The smallest absolute Gasteiger partial charge is 0.223 e.